The van der Waals surface area contributed by atoms with Crippen LogP contribution in [0, 0.1) is 0 Å². The molecule has 1 aliphatic rings. The number of nitrogens with one attached hydrogen (secondary N) is 1. The molecule has 1 aliphatic heterocycles. The molecule has 1 amide bonds. The number of hydrogen-bond donors (Lipinski definition) is 1. The zero-order valence-corrected chi connectivity index (χ0v) is 3.32. The van der Waals surface area contributed by atoms with Crippen molar-refractivity contribution < 1.29 is 4.79 Å². The van der Waals surface area contributed by atoms with Crippen molar-refractivity contribution in [2.75, 3.05) is 6.54 Å². The minimum Gasteiger partial charge on any atom is -0.348 e. The molecular formula is C4H5NO. The molecular weight excluding hydrogens is 78.0 g/mol. The van der Waals surface area contributed by atoms with Crippen LogP contribution in [0.1, 0.15) is 0 Å². The first kappa shape index (κ1) is 3.40. The lowest BCUT2D eigenvalue weighted by atomic mass is 10.2. The molecule has 1 rings (SSSR count). The first-order valence-electron chi connectivity index (χ1n) is 1.76. The van der Waals surface area contributed by atoms with Gasteiger partial charge in [0.15, 0.2) is 0 Å². The van der Waals surface area contributed by atoms with Crippen LogP contribution in [0.3, 0.4) is 0 Å². The second kappa shape index (κ2) is 0.834. The summed E-state index contributed by atoms with van der Waals surface area (Å²) < 4.78 is 0. The number of hydrogen-bond acceptors (Lipinski definition) is 1. The van der Waals surface area contributed by atoms with E-state index in [9.17, 15) is 4.79 Å². The number of carbonyl (C=O) groups excluding carboxylic acids is 1. The van der Waals surface area contributed by atoms with Crippen LogP contribution in [-0.4, -0.2) is 12.5 Å². The Morgan fingerprint density at radius 3 is 2.33 bits per heavy atom. The van der Waals surface area contributed by atoms with Crippen LogP contribution < -0.4 is 5.32 Å². The molecule has 2 heteroatoms. The van der Waals surface area contributed by atoms with E-state index < -0.39 is 0 Å². The van der Waals surface area contributed by atoms with E-state index in [1.807, 2.05) is 0 Å². The summed E-state index contributed by atoms with van der Waals surface area (Å²) in [4.78, 5) is 10.0. The van der Waals surface area contributed by atoms with Crippen LogP contribution in [-0.2, 0) is 4.79 Å². The fraction of sp³-hybridized carbons (Fsp3) is 0.250. The van der Waals surface area contributed by atoms with Crippen molar-refractivity contribution in [1.82, 2.24) is 5.32 Å². The monoisotopic (exact) mass is 83.0 g/mol. The zero-order chi connectivity index (χ0) is 4.57. The third-order valence-electron chi connectivity index (χ3n) is 0.783. The maximum Gasteiger partial charge on any atom is 0.248 e. The SMILES string of the molecule is C=C1CNC1=O. The molecule has 0 unspecified atom stereocenters. The Morgan fingerprint density at radius 2 is 2.33 bits per heavy atom. The highest BCUT2D eigenvalue weighted by atomic mass is 16.2. The van der Waals surface area contributed by atoms with Crippen LogP contribution in [0.4, 0.5) is 0 Å². The largest absolute Gasteiger partial charge is 0.348 e. The van der Waals surface area contributed by atoms with Gasteiger partial charge in [0.1, 0.15) is 0 Å². The molecule has 0 radical (unpaired) electrons. The van der Waals surface area contributed by atoms with Crippen LogP contribution in [0.25, 0.3) is 0 Å². The van der Waals surface area contributed by atoms with Gasteiger partial charge >= 0.3 is 0 Å². The van der Waals surface area contributed by atoms with E-state index in [2.05, 4.69) is 11.9 Å². The van der Waals surface area contributed by atoms with Crippen molar-refractivity contribution in [3.63, 3.8) is 0 Å². The molecule has 6 heavy (non-hydrogen) atoms. The summed E-state index contributed by atoms with van der Waals surface area (Å²) in [6.07, 6.45) is 0. The fourth-order valence-electron chi connectivity index (χ4n) is 0.286. The van der Waals surface area contributed by atoms with Crippen molar-refractivity contribution in [3.05, 3.63) is 12.2 Å². The van der Waals surface area contributed by atoms with Gasteiger partial charge in [0, 0.05) is 12.1 Å². The average molecular weight is 83.1 g/mol. The highest BCUT2D eigenvalue weighted by Crippen LogP contribution is 1.95. The molecule has 0 aromatic heterocycles. The van der Waals surface area contributed by atoms with Crippen LogP contribution >= 0.6 is 0 Å². The van der Waals surface area contributed by atoms with E-state index in [1.54, 1.807) is 0 Å². The topological polar surface area (TPSA) is 29.1 Å². The highest BCUT2D eigenvalue weighted by molar-refractivity contribution is 5.99. The van der Waals surface area contributed by atoms with Crippen LogP contribution in [0.15, 0.2) is 12.2 Å². The Labute approximate surface area is 35.9 Å². The van der Waals surface area contributed by atoms with Crippen molar-refractivity contribution in [2.24, 2.45) is 0 Å². The second-order valence-electron chi connectivity index (χ2n) is 1.29. The van der Waals surface area contributed by atoms with Gasteiger partial charge in [0.2, 0.25) is 5.91 Å². The number of rotatable bonds is 0. The fourth-order valence-corrected chi connectivity index (χ4v) is 0.286. The lowest BCUT2D eigenvalue weighted by Gasteiger charge is -2.14. The van der Waals surface area contributed by atoms with Gasteiger partial charge in [-0.25, -0.2) is 0 Å². The minimum atomic E-state index is -0.00463. The van der Waals surface area contributed by atoms with Gasteiger partial charge in [-0.15, -0.1) is 0 Å². The van der Waals surface area contributed by atoms with E-state index >= 15 is 0 Å². The molecule has 0 saturated carbocycles. The molecule has 1 N–H and O–H groups in total. The van der Waals surface area contributed by atoms with Gasteiger partial charge in [0.05, 0.1) is 0 Å². The number of amides is 1. The molecule has 0 spiro atoms. The van der Waals surface area contributed by atoms with E-state index in [0.717, 1.165) is 0 Å². The first-order chi connectivity index (χ1) is 2.80. The van der Waals surface area contributed by atoms with Crippen LogP contribution in [0.5, 0.6) is 0 Å². The Balaban J connectivity index is 2.61. The van der Waals surface area contributed by atoms with Crippen LogP contribution in [0.2, 0.25) is 0 Å². The van der Waals surface area contributed by atoms with Gasteiger partial charge in [0.25, 0.3) is 0 Å². The number of carbonyl (C=O) groups is 1. The summed E-state index contributed by atoms with van der Waals surface area (Å²) in [7, 11) is 0. The normalized spacial score (nSPS) is 19.3. The molecule has 0 bridgehead atoms. The summed E-state index contributed by atoms with van der Waals surface area (Å²) in [5, 5.41) is 2.52. The molecule has 1 fully saturated rings. The third-order valence-corrected chi connectivity index (χ3v) is 0.783. The Morgan fingerprint density at radius 1 is 1.83 bits per heavy atom. The lowest BCUT2D eigenvalue weighted by Crippen LogP contribution is -2.40. The summed E-state index contributed by atoms with van der Waals surface area (Å²) >= 11 is 0. The van der Waals surface area contributed by atoms with Crippen molar-refractivity contribution in [2.45, 2.75) is 0 Å². The molecule has 0 aliphatic carbocycles. The van der Waals surface area contributed by atoms with Gasteiger partial charge < -0.3 is 5.32 Å². The Hall–Kier alpha value is -0.790. The van der Waals surface area contributed by atoms with Gasteiger partial charge in [-0.3, -0.25) is 4.79 Å². The van der Waals surface area contributed by atoms with Crippen molar-refractivity contribution in [1.29, 1.82) is 0 Å². The van der Waals surface area contributed by atoms with Gasteiger partial charge in [-0.05, 0) is 0 Å². The summed E-state index contributed by atoms with van der Waals surface area (Å²) in [5.74, 6) is -0.00463. The van der Waals surface area contributed by atoms with E-state index in [0.29, 0.717) is 12.1 Å². The maximum absolute atomic E-state index is 10.0. The molecule has 0 aromatic carbocycles. The lowest BCUT2D eigenvalue weighted by molar-refractivity contribution is -0.120. The number of β-lactam (4-membered cyclic amide) rings is 1. The van der Waals surface area contributed by atoms with Crippen molar-refractivity contribution in [3.8, 4) is 0 Å². The van der Waals surface area contributed by atoms with Crippen molar-refractivity contribution >= 4 is 5.91 Å². The Kier molecular flexibility index (Phi) is 0.473. The zero-order valence-electron chi connectivity index (χ0n) is 3.32. The predicted octanol–water partition coefficient (Wildman–Crippen LogP) is -0.328. The highest BCUT2D eigenvalue weighted by Gasteiger charge is 2.14. The predicted molar refractivity (Wildman–Crippen MR) is 22.1 cm³/mol. The molecule has 32 valence electrons. The quantitative estimate of drug-likeness (QED) is 0.315. The van der Waals surface area contributed by atoms with E-state index in [1.165, 1.54) is 0 Å². The average Bonchev–Trinajstić information content (AvgIpc) is 1.61. The summed E-state index contributed by atoms with van der Waals surface area (Å²) in [6, 6.07) is 0. The molecule has 2 nitrogen and oxygen atoms in total. The minimum absolute atomic E-state index is 0.00463. The molecule has 1 heterocycles. The van der Waals surface area contributed by atoms with E-state index in [4.69, 9.17) is 0 Å². The van der Waals surface area contributed by atoms with Gasteiger partial charge in [-0.2, -0.15) is 0 Å². The molecule has 0 aromatic rings. The maximum atomic E-state index is 10.0. The summed E-state index contributed by atoms with van der Waals surface area (Å²) in [6.45, 7) is 4.11. The standard InChI is InChI=1S/C4H5NO/c1-3-2-5-4(3)6/h1-2H2,(H,5,6). The Bertz CT molecular complexity index is 92.1. The smallest absolute Gasteiger partial charge is 0.248 e. The third kappa shape index (κ3) is 0.233. The summed E-state index contributed by atoms with van der Waals surface area (Å²) in [5.41, 5.74) is 0.690. The first-order valence-corrected chi connectivity index (χ1v) is 1.76. The molecule has 1 saturated heterocycles. The molecule has 0 atom stereocenters. The second-order valence-corrected chi connectivity index (χ2v) is 1.29. The van der Waals surface area contributed by atoms with E-state index in [-0.39, 0.29) is 5.91 Å². The van der Waals surface area contributed by atoms with Gasteiger partial charge in [-0.1, -0.05) is 6.58 Å².